The van der Waals surface area contributed by atoms with Gasteiger partial charge in [-0.3, -0.25) is 9.69 Å². The third-order valence-corrected chi connectivity index (χ3v) is 4.61. The molecule has 132 valence electrons. The number of ether oxygens (including phenoxy) is 1. The normalized spacial score (nSPS) is 23.0. The van der Waals surface area contributed by atoms with Crippen LogP contribution in [-0.2, 0) is 9.53 Å². The smallest absolute Gasteiger partial charge is 0.317 e. The van der Waals surface area contributed by atoms with Crippen LogP contribution in [0.3, 0.4) is 0 Å². The summed E-state index contributed by atoms with van der Waals surface area (Å²) < 4.78 is 5.65. The van der Waals surface area contributed by atoms with E-state index in [1.54, 1.807) is 16.8 Å². The largest absolute Gasteiger partial charge is 0.480 e. The molecule has 2 fully saturated rings. The van der Waals surface area contributed by atoms with Gasteiger partial charge in [0, 0.05) is 26.2 Å². The van der Waals surface area contributed by atoms with Crippen LogP contribution in [0.4, 0.5) is 4.79 Å². The van der Waals surface area contributed by atoms with E-state index in [9.17, 15) is 9.59 Å². The highest BCUT2D eigenvalue weighted by Crippen LogP contribution is 2.22. The van der Waals surface area contributed by atoms with E-state index in [0.717, 1.165) is 6.54 Å². The lowest BCUT2D eigenvalue weighted by atomic mass is 9.89. The Labute approximate surface area is 138 Å². The van der Waals surface area contributed by atoms with Crippen LogP contribution < -0.4 is 5.32 Å². The molecule has 2 rings (SSSR count). The Bertz CT molecular complexity index is 399. The van der Waals surface area contributed by atoms with Crippen LogP contribution in [0.5, 0.6) is 0 Å². The number of carbonyl (C=O) groups is 2. The molecule has 23 heavy (non-hydrogen) atoms. The Hall–Kier alpha value is -1.34. The number of carboxylic acids is 1. The second kappa shape index (κ2) is 9.08. The van der Waals surface area contributed by atoms with Crippen LogP contribution in [0, 0.1) is 5.92 Å². The molecule has 0 spiro atoms. The van der Waals surface area contributed by atoms with Gasteiger partial charge in [-0.15, -0.1) is 0 Å². The topological polar surface area (TPSA) is 82.1 Å². The van der Waals surface area contributed by atoms with Crippen LogP contribution in [-0.4, -0.2) is 79.4 Å². The zero-order valence-corrected chi connectivity index (χ0v) is 14.0. The number of rotatable bonds is 6. The number of likely N-dealkylation sites (N-methyl/N-ethyl adjacent to an activating group) is 1. The third kappa shape index (κ3) is 6.35. The van der Waals surface area contributed by atoms with E-state index in [-0.39, 0.29) is 18.7 Å². The predicted molar refractivity (Wildman–Crippen MR) is 86.4 cm³/mol. The van der Waals surface area contributed by atoms with Gasteiger partial charge in [-0.2, -0.15) is 0 Å². The maximum atomic E-state index is 12.3. The second-order valence-corrected chi connectivity index (χ2v) is 6.72. The van der Waals surface area contributed by atoms with E-state index in [0.29, 0.717) is 32.2 Å². The summed E-state index contributed by atoms with van der Waals surface area (Å²) in [7, 11) is 1.75. The van der Waals surface area contributed by atoms with Crippen molar-refractivity contribution >= 4 is 12.0 Å². The lowest BCUT2D eigenvalue weighted by Crippen LogP contribution is -2.52. The minimum absolute atomic E-state index is 0.0201. The third-order valence-electron chi connectivity index (χ3n) is 4.61. The zero-order valence-electron chi connectivity index (χ0n) is 14.0. The number of hydrogen-bond acceptors (Lipinski definition) is 4. The van der Waals surface area contributed by atoms with Crippen molar-refractivity contribution < 1.29 is 19.4 Å². The lowest BCUT2D eigenvalue weighted by Gasteiger charge is -2.35. The molecule has 2 aliphatic rings. The molecule has 1 aliphatic carbocycles. The number of nitrogens with one attached hydrogen (secondary N) is 1. The Balaban J connectivity index is 1.71. The number of morpholine rings is 1. The fraction of sp³-hybridized carbons (Fsp3) is 0.875. The SMILES string of the molecule is CN(CC(=O)O)CC1CN(C(=O)NCC2CCCCC2)CCO1. The molecule has 0 bridgehead atoms. The number of urea groups is 1. The molecule has 0 aromatic heterocycles. The zero-order chi connectivity index (χ0) is 16.7. The molecule has 1 unspecified atom stereocenters. The van der Waals surface area contributed by atoms with Crippen LogP contribution in [0.1, 0.15) is 32.1 Å². The Morgan fingerprint density at radius 1 is 1.30 bits per heavy atom. The van der Waals surface area contributed by atoms with Crippen LogP contribution in [0.25, 0.3) is 0 Å². The predicted octanol–water partition coefficient (Wildman–Crippen LogP) is 0.994. The highest BCUT2D eigenvalue weighted by molar-refractivity contribution is 5.74. The van der Waals surface area contributed by atoms with Gasteiger partial charge < -0.3 is 20.1 Å². The van der Waals surface area contributed by atoms with Gasteiger partial charge in [0.05, 0.1) is 19.3 Å². The first-order valence-electron chi connectivity index (χ1n) is 8.59. The summed E-state index contributed by atoms with van der Waals surface area (Å²) in [5.74, 6) is -0.239. The summed E-state index contributed by atoms with van der Waals surface area (Å²) in [6, 6.07) is -0.0234. The average molecular weight is 327 g/mol. The van der Waals surface area contributed by atoms with Crippen LogP contribution in [0.15, 0.2) is 0 Å². The van der Waals surface area contributed by atoms with E-state index in [2.05, 4.69) is 5.32 Å². The first-order valence-corrected chi connectivity index (χ1v) is 8.59. The summed E-state index contributed by atoms with van der Waals surface area (Å²) >= 11 is 0. The quantitative estimate of drug-likeness (QED) is 0.760. The number of carbonyl (C=O) groups excluding carboxylic acids is 1. The molecule has 0 aromatic rings. The summed E-state index contributed by atoms with van der Waals surface area (Å²) in [4.78, 5) is 26.5. The van der Waals surface area contributed by atoms with E-state index >= 15 is 0 Å². The van der Waals surface area contributed by atoms with Gasteiger partial charge in [0.1, 0.15) is 0 Å². The fourth-order valence-corrected chi connectivity index (χ4v) is 3.39. The molecule has 1 aliphatic heterocycles. The minimum atomic E-state index is -0.856. The Kier molecular flexibility index (Phi) is 7.11. The standard InChI is InChI=1S/C16H29N3O4/c1-18(12-15(20)21)10-14-11-19(7-8-23-14)16(22)17-9-13-5-3-2-4-6-13/h13-14H,2-12H2,1H3,(H,17,22)(H,20,21). The van der Waals surface area contributed by atoms with Gasteiger partial charge in [-0.05, 0) is 25.8 Å². The molecule has 0 aromatic carbocycles. The lowest BCUT2D eigenvalue weighted by molar-refractivity contribution is -0.138. The van der Waals surface area contributed by atoms with E-state index in [1.165, 1.54) is 32.1 Å². The molecule has 1 saturated carbocycles. The number of carboxylic acid groups (broad SMARTS) is 1. The number of nitrogens with zero attached hydrogens (tertiary/aromatic N) is 2. The highest BCUT2D eigenvalue weighted by atomic mass is 16.5. The van der Waals surface area contributed by atoms with Crippen molar-refractivity contribution in [2.45, 2.75) is 38.2 Å². The van der Waals surface area contributed by atoms with E-state index in [4.69, 9.17) is 9.84 Å². The Morgan fingerprint density at radius 3 is 2.74 bits per heavy atom. The van der Waals surface area contributed by atoms with Gasteiger partial charge in [0.15, 0.2) is 0 Å². The summed E-state index contributed by atoms with van der Waals surface area (Å²) in [5.41, 5.74) is 0. The van der Waals surface area contributed by atoms with Crippen molar-refractivity contribution in [1.82, 2.24) is 15.1 Å². The molecule has 2 amide bonds. The molecule has 1 atom stereocenters. The summed E-state index contributed by atoms with van der Waals surface area (Å²) in [6.07, 6.45) is 6.16. The van der Waals surface area contributed by atoms with Gasteiger partial charge >= 0.3 is 12.0 Å². The first-order chi connectivity index (χ1) is 11.0. The molecular weight excluding hydrogens is 298 g/mol. The molecule has 2 N–H and O–H groups in total. The maximum absolute atomic E-state index is 12.3. The monoisotopic (exact) mass is 327 g/mol. The molecule has 7 heteroatoms. The maximum Gasteiger partial charge on any atom is 0.317 e. The number of amides is 2. The number of hydrogen-bond donors (Lipinski definition) is 2. The van der Waals surface area contributed by atoms with Crippen molar-refractivity contribution in [1.29, 1.82) is 0 Å². The molecule has 0 radical (unpaired) electrons. The van der Waals surface area contributed by atoms with Gasteiger partial charge in [-0.1, -0.05) is 19.3 Å². The van der Waals surface area contributed by atoms with Crippen molar-refractivity contribution in [3.63, 3.8) is 0 Å². The molecular formula is C16H29N3O4. The van der Waals surface area contributed by atoms with Crippen molar-refractivity contribution in [2.75, 3.05) is 46.4 Å². The fourth-order valence-electron chi connectivity index (χ4n) is 3.39. The summed E-state index contributed by atoms with van der Waals surface area (Å²) in [6.45, 7) is 2.87. The van der Waals surface area contributed by atoms with Crippen LogP contribution in [0.2, 0.25) is 0 Å². The van der Waals surface area contributed by atoms with Crippen molar-refractivity contribution in [3.8, 4) is 0 Å². The summed E-state index contributed by atoms with van der Waals surface area (Å²) in [5, 5.41) is 11.8. The van der Waals surface area contributed by atoms with E-state index < -0.39 is 5.97 Å². The van der Waals surface area contributed by atoms with Gasteiger partial charge in [0.25, 0.3) is 0 Å². The van der Waals surface area contributed by atoms with Crippen molar-refractivity contribution in [3.05, 3.63) is 0 Å². The van der Waals surface area contributed by atoms with E-state index in [1.807, 2.05) is 0 Å². The minimum Gasteiger partial charge on any atom is -0.480 e. The van der Waals surface area contributed by atoms with Gasteiger partial charge in [-0.25, -0.2) is 4.79 Å². The molecule has 1 heterocycles. The molecule has 1 saturated heterocycles. The first kappa shape index (κ1) is 18.0. The van der Waals surface area contributed by atoms with Gasteiger partial charge in [0.2, 0.25) is 0 Å². The van der Waals surface area contributed by atoms with Crippen molar-refractivity contribution in [2.24, 2.45) is 5.92 Å². The highest BCUT2D eigenvalue weighted by Gasteiger charge is 2.26. The average Bonchev–Trinajstić information content (AvgIpc) is 2.53. The second-order valence-electron chi connectivity index (χ2n) is 6.72. The molecule has 7 nitrogen and oxygen atoms in total. The number of aliphatic carboxylic acids is 1. The Morgan fingerprint density at radius 2 is 2.04 bits per heavy atom. The van der Waals surface area contributed by atoms with Crippen LogP contribution >= 0.6 is 0 Å².